The number of carboxylic acid groups (broad SMARTS) is 1. The number of hydrogen-bond donors (Lipinski definition) is 1. The number of nitrogens with zero attached hydrogens (tertiary/aromatic N) is 5. The molecule has 10 nitrogen and oxygen atoms in total. The van der Waals surface area contributed by atoms with Gasteiger partial charge < -0.3 is 18.7 Å². The van der Waals surface area contributed by atoms with Gasteiger partial charge in [-0.1, -0.05) is 24.3 Å². The van der Waals surface area contributed by atoms with Gasteiger partial charge >= 0.3 is 12.6 Å². The van der Waals surface area contributed by atoms with Gasteiger partial charge in [-0.3, -0.25) is 14.6 Å². The summed E-state index contributed by atoms with van der Waals surface area (Å²) in [6.45, 7) is 2.76. The van der Waals surface area contributed by atoms with Crippen molar-refractivity contribution in [3.8, 4) is 45.9 Å². The first kappa shape index (κ1) is 36.8. The highest BCUT2D eigenvalue weighted by Gasteiger charge is 2.72. The van der Waals surface area contributed by atoms with E-state index in [4.69, 9.17) is 23.5 Å². The van der Waals surface area contributed by atoms with E-state index in [-0.39, 0.29) is 30.2 Å². The van der Waals surface area contributed by atoms with Gasteiger partial charge in [0.05, 0.1) is 11.0 Å². The summed E-state index contributed by atoms with van der Waals surface area (Å²) < 4.78 is 72.3. The van der Waals surface area contributed by atoms with E-state index < -0.39 is 30.0 Å². The Hall–Kier alpha value is -5.78. The minimum absolute atomic E-state index is 0.0638. The third kappa shape index (κ3) is 6.48. The standard InChI is InChI=1S/C43H37F4N5O5/c1-23-28(6-3-8-30(23)38-49-32-16-27(20-52-12-5-10-34(52)40(53)54)35(56-41(44)45)17-36(32)55-38)29-7-4-9-31(24(29)2)39-50-33-15-25(14-26(18-48)37(33)57-39)19-51-13-11-42(22-51)21-43(42,46)47/h3-4,6-9,14-17,34,41H,5,10-13,19-22H2,1-2H3,(H,53,54)/t34-,42?/m0/s1. The lowest BCUT2D eigenvalue weighted by atomic mass is 9.91. The van der Waals surface area contributed by atoms with Crippen LogP contribution in [0.5, 0.6) is 5.75 Å². The van der Waals surface area contributed by atoms with E-state index in [0.717, 1.165) is 33.4 Å². The first-order valence-electron chi connectivity index (χ1n) is 18.8. The van der Waals surface area contributed by atoms with Crippen LogP contribution in [0.1, 0.15) is 53.5 Å². The van der Waals surface area contributed by atoms with E-state index in [2.05, 4.69) is 6.07 Å². The SMILES string of the molecule is Cc1c(-c2nc3cc(CN4CCC[C@H]4C(=O)O)c(OC(F)F)cc3o2)cccc1-c1cccc(-c2nc3cc(CN4CCC5(C4)CC5(F)F)cc(C#N)c3o2)c1C. The fourth-order valence-corrected chi connectivity index (χ4v) is 8.83. The molecule has 6 aromatic rings. The maximum absolute atomic E-state index is 14.0. The van der Waals surface area contributed by atoms with Crippen LogP contribution in [0, 0.1) is 30.6 Å². The molecule has 0 bridgehead atoms. The molecule has 2 atom stereocenters. The van der Waals surface area contributed by atoms with E-state index in [0.29, 0.717) is 84.6 Å². The molecule has 4 heterocycles. The zero-order valence-corrected chi connectivity index (χ0v) is 31.1. The molecule has 0 amide bonds. The van der Waals surface area contributed by atoms with E-state index in [1.54, 1.807) is 17.0 Å². The number of halogens is 4. The van der Waals surface area contributed by atoms with Crippen molar-refractivity contribution >= 4 is 28.2 Å². The smallest absolute Gasteiger partial charge is 0.387 e. The zero-order valence-electron chi connectivity index (χ0n) is 31.1. The van der Waals surface area contributed by atoms with Gasteiger partial charge in [-0.2, -0.15) is 14.0 Å². The summed E-state index contributed by atoms with van der Waals surface area (Å²) in [5.41, 5.74) is 7.02. The number of oxazole rings is 2. The van der Waals surface area contributed by atoms with Gasteiger partial charge in [-0.05, 0) is 104 Å². The van der Waals surface area contributed by atoms with Crippen molar-refractivity contribution in [3.63, 3.8) is 0 Å². The quantitative estimate of drug-likeness (QED) is 0.134. The molecule has 3 fully saturated rings. The van der Waals surface area contributed by atoms with Crippen LogP contribution in [0.2, 0.25) is 0 Å². The highest BCUT2D eigenvalue weighted by Crippen LogP contribution is 2.65. The normalized spacial score (nSPS) is 20.6. The molecule has 2 aliphatic heterocycles. The van der Waals surface area contributed by atoms with E-state index in [1.807, 2.05) is 61.2 Å². The minimum atomic E-state index is -3.09. The first-order valence-corrected chi connectivity index (χ1v) is 18.8. The number of alkyl halides is 4. The van der Waals surface area contributed by atoms with Crippen LogP contribution in [0.15, 0.2) is 69.5 Å². The van der Waals surface area contributed by atoms with Crippen LogP contribution < -0.4 is 4.74 Å². The number of hydrogen-bond acceptors (Lipinski definition) is 9. The van der Waals surface area contributed by atoms with Crippen LogP contribution in [0.3, 0.4) is 0 Å². The highest BCUT2D eigenvalue weighted by molar-refractivity contribution is 5.86. The molecule has 0 radical (unpaired) electrons. The summed E-state index contributed by atoms with van der Waals surface area (Å²) in [6, 6.07) is 19.6. The Kier molecular flexibility index (Phi) is 8.86. The second kappa shape index (κ2) is 13.7. The summed E-state index contributed by atoms with van der Waals surface area (Å²) in [4.78, 5) is 25.1. The Labute approximate surface area is 324 Å². The van der Waals surface area contributed by atoms with Gasteiger partial charge in [-0.25, -0.2) is 18.7 Å². The van der Waals surface area contributed by atoms with Crippen LogP contribution in [-0.2, 0) is 17.9 Å². The molecule has 1 N–H and O–H groups in total. The van der Waals surface area contributed by atoms with Gasteiger partial charge in [0.1, 0.15) is 28.9 Å². The molecule has 292 valence electrons. The Balaban J connectivity index is 1.02. The van der Waals surface area contributed by atoms with Gasteiger partial charge in [-0.15, -0.1) is 0 Å². The monoisotopic (exact) mass is 779 g/mol. The van der Waals surface area contributed by atoms with Crippen molar-refractivity contribution in [3.05, 3.63) is 88.5 Å². The van der Waals surface area contributed by atoms with Crippen LogP contribution in [-0.4, -0.2) is 69.1 Å². The van der Waals surface area contributed by atoms with Crippen molar-refractivity contribution in [2.75, 3.05) is 19.6 Å². The number of benzene rings is 4. The van der Waals surface area contributed by atoms with Crippen molar-refractivity contribution in [1.82, 2.24) is 19.8 Å². The Morgan fingerprint density at radius 2 is 1.63 bits per heavy atom. The number of fused-ring (bicyclic) bond motifs is 2. The summed E-state index contributed by atoms with van der Waals surface area (Å²) in [5, 5.41) is 19.7. The summed E-state index contributed by atoms with van der Waals surface area (Å²) in [6.07, 6.45) is 1.56. The predicted octanol–water partition coefficient (Wildman–Crippen LogP) is 9.34. The van der Waals surface area contributed by atoms with Gasteiger partial charge in [0, 0.05) is 48.8 Å². The number of aliphatic carboxylic acids is 1. The molecule has 1 unspecified atom stereocenters. The molecule has 1 aliphatic carbocycles. The third-order valence-electron chi connectivity index (χ3n) is 11.9. The molecule has 9 rings (SSSR count). The Morgan fingerprint density at radius 1 is 0.965 bits per heavy atom. The summed E-state index contributed by atoms with van der Waals surface area (Å²) in [5.74, 6) is -3.05. The maximum atomic E-state index is 14.0. The Bertz CT molecular complexity index is 2630. The molecule has 2 aromatic heterocycles. The average molecular weight is 780 g/mol. The predicted molar refractivity (Wildman–Crippen MR) is 202 cm³/mol. The van der Waals surface area contributed by atoms with Crippen LogP contribution in [0.4, 0.5) is 17.6 Å². The van der Waals surface area contributed by atoms with Crippen LogP contribution >= 0.6 is 0 Å². The van der Waals surface area contributed by atoms with Gasteiger partial charge in [0.25, 0.3) is 5.92 Å². The van der Waals surface area contributed by atoms with Crippen LogP contribution in [0.25, 0.3) is 56.2 Å². The number of likely N-dealkylation sites (tertiary alicyclic amines) is 2. The van der Waals surface area contributed by atoms with Crippen molar-refractivity contribution < 1.29 is 41.0 Å². The first-order chi connectivity index (χ1) is 27.3. The summed E-state index contributed by atoms with van der Waals surface area (Å²) >= 11 is 0. The second-order valence-corrected chi connectivity index (χ2v) is 15.5. The molecule has 14 heteroatoms. The van der Waals surface area contributed by atoms with E-state index in [9.17, 15) is 32.7 Å². The second-order valence-electron chi connectivity index (χ2n) is 15.5. The molecular weight excluding hydrogens is 742 g/mol. The lowest BCUT2D eigenvalue weighted by molar-refractivity contribution is -0.142. The van der Waals surface area contributed by atoms with E-state index in [1.165, 1.54) is 6.07 Å². The number of ether oxygens (including phenoxy) is 1. The number of carboxylic acids is 1. The van der Waals surface area contributed by atoms with Crippen molar-refractivity contribution in [1.29, 1.82) is 5.26 Å². The topological polar surface area (TPSA) is 129 Å². The van der Waals surface area contributed by atoms with Crippen molar-refractivity contribution in [2.45, 2.75) is 71.2 Å². The zero-order chi connectivity index (χ0) is 39.8. The maximum Gasteiger partial charge on any atom is 0.387 e. The molecular formula is C43H37F4N5O5. The molecule has 57 heavy (non-hydrogen) atoms. The number of rotatable bonds is 10. The van der Waals surface area contributed by atoms with E-state index >= 15 is 0 Å². The average Bonchev–Trinajstić information content (AvgIpc) is 3.82. The number of aromatic nitrogens is 2. The third-order valence-corrected chi connectivity index (χ3v) is 11.9. The van der Waals surface area contributed by atoms with Gasteiger partial charge in [0.2, 0.25) is 11.8 Å². The van der Waals surface area contributed by atoms with Crippen molar-refractivity contribution in [2.24, 2.45) is 5.41 Å². The number of carbonyl (C=O) groups is 1. The fraction of sp³-hybridized carbons (Fsp3) is 0.349. The largest absolute Gasteiger partial charge is 0.480 e. The number of nitriles is 1. The fourth-order valence-electron chi connectivity index (χ4n) is 8.83. The highest BCUT2D eigenvalue weighted by atomic mass is 19.3. The Morgan fingerprint density at radius 3 is 2.26 bits per heavy atom. The lowest BCUT2D eigenvalue weighted by Crippen LogP contribution is -2.35. The molecule has 1 spiro atoms. The molecule has 1 saturated carbocycles. The lowest BCUT2D eigenvalue weighted by Gasteiger charge is -2.22. The molecule has 2 saturated heterocycles. The molecule has 4 aromatic carbocycles. The molecule has 3 aliphatic rings. The van der Waals surface area contributed by atoms with Gasteiger partial charge in [0.15, 0.2) is 11.2 Å². The summed E-state index contributed by atoms with van der Waals surface area (Å²) in [7, 11) is 0. The minimum Gasteiger partial charge on any atom is -0.480 e.